The Hall–Kier alpha value is -2.63. The molecule has 1 amide bonds. The summed E-state index contributed by atoms with van der Waals surface area (Å²) in [5.74, 6) is -2.00. The maximum atomic E-state index is 13.4. The zero-order valence-electron chi connectivity index (χ0n) is 9.78. The summed E-state index contributed by atoms with van der Waals surface area (Å²) in [6.45, 7) is 0. The maximum absolute atomic E-state index is 13.4. The van der Waals surface area contributed by atoms with E-state index in [-0.39, 0.29) is 11.3 Å². The van der Waals surface area contributed by atoms with Gasteiger partial charge in [-0.1, -0.05) is 0 Å². The number of halogens is 2. The summed E-state index contributed by atoms with van der Waals surface area (Å²) in [6, 6.07) is 7.05. The number of nitrogen functional groups attached to an aromatic ring is 2. The molecule has 0 spiro atoms. The van der Waals surface area contributed by atoms with Crippen LogP contribution in [0.25, 0.3) is 0 Å². The Labute approximate surface area is 108 Å². The van der Waals surface area contributed by atoms with Crippen LogP contribution in [0.1, 0.15) is 10.4 Å². The number of rotatable bonds is 2. The van der Waals surface area contributed by atoms with Crippen molar-refractivity contribution in [3.8, 4) is 0 Å². The Kier molecular flexibility index (Phi) is 3.33. The molecule has 5 N–H and O–H groups in total. The van der Waals surface area contributed by atoms with Crippen LogP contribution in [-0.4, -0.2) is 5.91 Å². The molecular weight excluding hydrogens is 252 g/mol. The van der Waals surface area contributed by atoms with E-state index < -0.39 is 17.5 Å². The van der Waals surface area contributed by atoms with Gasteiger partial charge in [-0.05, 0) is 30.3 Å². The van der Waals surface area contributed by atoms with Crippen molar-refractivity contribution in [2.75, 3.05) is 16.8 Å². The van der Waals surface area contributed by atoms with Crippen LogP contribution in [-0.2, 0) is 0 Å². The predicted molar refractivity (Wildman–Crippen MR) is 69.6 cm³/mol. The maximum Gasteiger partial charge on any atom is 0.255 e. The second-order valence-corrected chi connectivity index (χ2v) is 3.97. The number of nitrogens with one attached hydrogen (secondary N) is 1. The molecule has 0 radical (unpaired) electrons. The fraction of sp³-hybridized carbons (Fsp3) is 0. The van der Waals surface area contributed by atoms with Gasteiger partial charge in [0, 0.05) is 23.0 Å². The molecule has 0 aliphatic heterocycles. The quantitative estimate of drug-likeness (QED) is 0.727. The van der Waals surface area contributed by atoms with Gasteiger partial charge >= 0.3 is 0 Å². The third-order valence-electron chi connectivity index (χ3n) is 2.42. The van der Waals surface area contributed by atoms with E-state index in [0.717, 1.165) is 18.2 Å². The van der Waals surface area contributed by atoms with Crippen molar-refractivity contribution in [1.29, 1.82) is 0 Å². The average Bonchev–Trinajstić information content (AvgIpc) is 2.32. The van der Waals surface area contributed by atoms with Crippen LogP contribution in [0, 0.1) is 11.6 Å². The summed E-state index contributed by atoms with van der Waals surface area (Å²) in [5.41, 5.74) is 11.6. The van der Waals surface area contributed by atoms with Crippen molar-refractivity contribution in [3.05, 3.63) is 53.6 Å². The number of carbonyl (C=O) groups excluding carboxylic acids is 1. The first kappa shape index (κ1) is 12.8. The molecule has 0 saturated heterocycles. The fourth-order valence-electron chi connectivity index (χ4n) is 1.60. The Morgan fingerprint density at radius 1 is 1.00 bits per heavy atom. The summed E-state index contributed by atoms with van der Waals surface area (Å²) in [6.07, 6.45) is 0. The first-order valence-corrected chi connectivity index (χ1v) is 5.38. The van der Waals surface area contributed by atoms with E-state index in [1.165, 1.54) is 18.2 Å². The van der Waals surface area contributed by atoms with Crippen LogP contribution < -0.4 is 16.8 Å². The summed E-state index contributed by atoms with van der Waals surface area (Å²) in [4.78, 5) is 11.9. The number of benzene rings is 2. The number of hydrogen-bond acceptors (Lipinski definition) is 3. The van der Waals surface area contributed by atoms with Gasteiger partial charge in [0.05, 0.1) is 5.69 Å². The predicted octanol–water partition coefficient (Wildman–Crippen LogP) is 2.38. The van der Waals surface area contributed by atoms with Gasteiger partial charge in [-0.25, -0.2) is 8.78 Å². The molecule has 0 bridgehead atoms. The number of anilines is 3. The largest absolute Gasteiger partial charge is 0.399 e. The van der Waals surface area contributed by atoms with E-state index in [2.05, 4.69) is 5.32 Å². The van der Waals surface area contributed by atoms with Crippen molar-refractivity contribution in [2.24, 2.45) is 0 Å². The monoisotopic (exact) mass is 263 g/mol. The van der Waals surface area contributed by atoms with Crippen molar-refractivity contribution in [1.82, 2.24) is 0 Å². The standard InChI is InChI=1S/C13H11F2N3O/c14-8-1-2-11(15)12(5-8)18-13(19)7-3-9(16)6-10(17)4-7/h1-6H,16-17H2,(H,18,19). The lowest BCUT2D eigenvalue weighted by atomic mass is 10.1. The molecule has 6 heteroatoms. The smallest absolute Gasteiger partial charge is 0.255 e. The van der Waals surface area contributed by atoms with Crippen LogP contribution in [0.2, 0.25) is 0 Å². The van der Waals surface area contributed by atoms with Crippen molar-refractivity contribution in [3.63, 3.8) is 0 Å². The van der Waals surface area contributed by atoms with Crippen molar-refractivity contribution < 1.29 is 13.6 Å². The molecule has 0 atom stereocenters. The van der Waals surface area contributed by atoms with Gasteiger partial charge in [0.2, 0.25) is 0 Å². The van der Waals surface area contributed by atoms with E-state index in [1.807, 2.05) is 0 Å². The SMILES string of the molecule is Nc1cc(N)cc(C(=O)Nc2cc(F)ccc2F)c1. The number of hydrogen-bond donors (Lipinski definition) is 3. The van der Waals surface area contributed by atoms with Crippen molar-refractivity contribution >= 4 is 23.0 Å². The molecule has 0 aromatic heterocycles. The van der Waals surface area contributed by atoms with Gasteiger partial charge in [-0.3, -0.25) is 4.79 Å². The summed E-state index contributed by atoms with van der Waals surface area (Å²) >= 11 is 0. The molecule has 19 heavy (non-hydrogen) atoms. The molecule has 2 rings (SSSR count). The van der Waals surface area contributed by atoms with E-state index in [4.69, 9.17) is 11.5 Å². The molecule has 0 unspecified atom stereocenters. The first-order valence-electron chi connectivity index (χ1n) is 5.38. The lowest BCUT2D eigenvalue weighted by Crippen LogP contribution is -2.14. The normalized spacial score (nSPS) is 10.2. The number of nitrogens with two attached hydrogens (primary N) is 2. The third-order valence-corrected chi connectivity index (χ3v) is 2.42. The van der Waals surface area contributed by atoms with E-state index in [1.54, 1.807) is 0 Å². The van der Waals surface area contributed by atoms with E-state index >= 15 is 0 Å². The minimum Gasteiger partial charge on any atom is -0.399 e. The molecule has 0 heterocycles. The topological polar surface area (TPSA) is 81.1 Å². The number of amides is 1. The van der Waals surface area contributed by atoms with Crippen LogP contribution in [0.4, 0.5) is 25.8 Å². The molecule has 0 saturated carbocycles. The second kappa shape index (κ2) is 4.93. The van der Waals surface area contributed by atoms with Gasteiger partial charge in [-0.15, -0.1) is 0 Å². The Balaban J connectivity index is 2.28. The van der Waals surface area contributed by atoms with Gasteiger partial charge < -0.3 is 16.8 Å². The molecule has 2 aromatic rings. The second-order valence-electron chi connectivity index (χ2n) is 3.97. The van der Waals surface area contributed by atoms with Gasteiger partial charge in [0.1, 0.15) is 11.6 Å². The molecule has 0 aliphatic rings. The Bertz CT molecular complexity index is 624. The van der Waals surface area contributed by atoms with Gasteiger partial charge in [0.15, 0.2) is 0 Å². The van der Waals surface area contributed by atoms with Gasteiger partial charge in [-0.2, -0.15) is 0 Å². The molecule has 98 valence electrons. The Morgan fingerprint density at radius 2 is 1.63 bits per heavy atom. The van der Waals surface area contributed by atoms with Crippen LogP contribution in [0.5, 0.6) is 0 Å². The van der Waals surface area contributed by atoms with E-state index in [0.29, 0.717) is 11.4 Å². The summed E-state index contributed by atoms with van der Waals surface area (Å²) in [5, 5.41) is 2.26. The number of carbonyl (C=O) groups is 1. The van der Waals surface area contributed by atoms with Crippen molar-refractivity contribution in [2.45, 2.75) is 0 Å². The lowest BCUT2D eigenvalue weighted by Gasteiger charge is -2.08. The molecule has 0 aliphatic carbocycles. The highest BCUT2D eigenvalue weighted by Crippen LogP contribution is 2.18. The Morgan fingerprint density at radius 3 is 2.26 bits per heavy atom. The zero-order chi connectivity index (χ0) is 14.0. The minimum absolute atomic E-state index is 0.168. The molecule has 4 nitrogen and oxygen atoms in total. The fourth-order valence-corrected chi connectivity index (χ4v) is 1.60. The average molecular weight is 263 g/mol. The third kappa shape index (κ3) is 2.98. The van der Waals surface area contributed by atoms with Crippen LogP contribution in [0.15, 0.2) is 36.4 Å². The van der Waals surface area contributed by atoms with Gasteiger partial charge in [0.25, 0.3) is 5.91 Å². The molecule has 0 fully saturated rings. The molecular formula is C13H11F2N3O. The first-order chi connectivity index (χ1) is 8.95. The highest BCUT2D eigenvalue weighted by Gasteiger charge is 2.11. The zero-order valence-corrected chi connectivity index (χ0v) is 9.78. The van der Waals surface area contributed by atoms with Crippen LogP contribution in [0.3, 0.4) is 0 Å². The summed E-state index contributed by atoms with van der Waals surface area (Å²) < 4.78 is 26.3. The highest BCUT2D eigenvalue weighted by molar-refractivity contribution is 6.05. The lowest BCUT2D eigenvalue weighted by molar-refractivity contribution is 0.102. The van der Waals surface area contributed by atoms with Crippen LogP contribution >= 0.6 is 0 Å². The minimum atomic E-state index is -0.730. The highest BCUT2D eigenvalue weighted by atomic mass is 19.1. The van der Waals surface area contributed by atoms with E-state index in [9.17, 15) is 13.6 Å². The summed E-state index contributed by atoms with van der Waals surface area (Å²) in [7, 11) is 0. The molecule has 2 aromatic carbocycles.